The van der Waals surface area contributed by atoms with E-state index in [-0.39, 0.29) is 0 Å². The molecule has 3 aromatic heterocycles. The SMILES string of the molecule is Cc1cc2cc3ccccn3c2n1C. The first-order valence-electron chi connectivity index (χ1n) is 4.79. The van der Waals surface area contributed by atoms with E-state index in [2.05, 4.69) is 59.5 Å². The topological polar surface area (TPSA) is 9.34 Å². The smallest absolute Gasteiger partial charge is 0.124 e. The second kappa shape index (κ2) is 2.41. The Kier molecular flexibility index (Phi) is 1.32. The molecule has 0 unspecified atom stereocenters. The molecule has 0 aliphatic carbocycles. The van der Waals surface area contributed by atoms with Gasteiger partial charge in [0, 0.05) is 29.8 Å². The molecule has 70 valence electrons. The maximum Gasteiger partial charge on any atom is 0.124 e. The van der Waals surface area contributed by atoms with E-state index in [1.807, 2.05) is 0 Å². The highest BCUT2D eigenvalue weighted by Crippen LogP contribution is 2.22. The number of aromatic nitrogens is 2. The van der Waals surface area contributed by atoms with Gasteiger partial charge in [0.15, 0.2) is 0 Å². The fourth-order valence-corrected chi connectivity index (χ4v) is 2.08. The zero-order valence-electron chi connectivity index (χ0n) is 8.36. The minimum Gasteiger partial charge on any atom is -0.334 e. The Hall–Kier alpha value is -1.70. The van der Waals surface area contributed by atoms with Crippen LogP contribution in [0.2, 0.25) is 0 Å². The van der Waals surface area contributed by atoms with E-state index < -0.39 is 0 Å². The third kappa shape index (κ3) is 0.803. The van der Waals surface area contributed by atoms with Crippen molar-refractivity contribution in [3.63, 3.8) is 0 Å². The molecule has 0 atom stereocenters. The van der Waals surface area contributed by atoms with Gasteiger partial charge >= 0.3 is 0 Å². The van der Waals surface area contributed by atoms with Crippen LogP contribution in [0.5, 0.6) is 0 Å². The van der Waals surface area contributed by atoms with Gasteiger partial charge in [0.2, 0.25) is 0 Å². The minimum absolute atomic E-state index is 1.26. The van der Waals surface area contributed by atoms with Crippen LogP contribution in [0.1, 0.15) is 5.69 Å². The lowest BCUT2D eigenvalue weighted by Gasteiger charge is -2.00. The van der Waals surface area contributed by atoms with Crippen molar-refractivity contribution in [3.05, 3.63) is 42.2 Å². The van der Waals surface area contributed by atoms with E-state index in [1.54, 1.807) is 0 Å². The van der Waals surface area contributed by atoms with E-state index in [9.17, 15) is 0 Å². The molecule has 2 heteroatoms. The zero-order chi connectivity index (χ0) is 9.71. The van der Waals surface area contributed by atoms with E-state index in [4.69, 9.17) is 0 Å². The maximum atomic E-state index is 2.22. The molecule has 0 N–H and O–H groups in total. The molecule has 14 heavy (non-hydrogen) atoms. The first-order chi connectivity index (χ1) is 6.77. The van der Waals surface area contributed by atoms with Crippen molar-refractivity contribution in [2.24, 2.45) is 7.05 Å². The van der Waals surface area contributed by atoms with Crippen LogP contribution in [0, 0.1) is 6.92 Å². The summed E-state index contributed by atoms with van der Waals surface area (Å²) < 4.78 is 4.45. The zero-order valence-corrected chi connectivity index (χ0v) is 8.36. The van der Waals surface area contributed by atoms with Crippen molar-refractivity contribution in [2.75, 3.05) is 0 Å². The molecule has 3 aromatic rings. The average Bonchev–Trinajstić information content (AvgIpc) is 2.65. The summed E-state index contributed by atoms with van der Waals surface area (Å²) in [7, 11) is 2.11. The largest absolute Gasteiger partial charge is 0.334 e. The fourth-order valence-electron chi connectivity index (χ4n) is 2.08. The summed E-state index contributed by atoms with van der Waals surface area (Å²) in [6, 6.07) is 10.7. The lowest BCUT2D eigenvalue weighted by atomic mass is 10.3. The standard InChI is InChI=1S/C12H12N2/c1-9-7-10-8-11-5-3-4-6-14(11)12(10)13(9)2/h3-8H,1-2H3. The van der Waals surface area contributed by atoms with Crippen molar-refractivity contribution in [3.8, 4) is 0 Å². The van der Waals surface area contributed by atoms with Crippen molar-refractivity contribution in [2.45, 2.75) is 6.92 Å². The number of fused-ring (bicyclic) bond motifs is 3. The van der Waals surface area contributed by atoms with Crippen LogP contribution in [0.15, 0.2) is 36.5 Å². The number of hydrogen-bond donors (Lipinski definition) is 0. The molecule has 0 aromatic carbocycles. The Morgan fingerprint density at radius 1 is 1.14 bits per heavy atom. The summed E-state index contributed by atoms with van der Waals surface area (Å²) in [4.78, 5) is 0. The van der Waals surface area contributed by atoms with E-state index in [0.717, 1.165) is 0 Å². The summed E-state index contributed by atoms with van der Waals surface area (Å²) in [5.74, 6) is 0. The van der Waals surface area contributed by atoms with E-state index >= 15 is 0 Å². The Morgan fingerprint density at radius 3 is 2.86 bits per heavy atom. The van der Waals surface area contributed by atoms with Gasteiger partial charge in [-0.15, -0.1) is 0 Å². The van der Waals surface area contributed by atoms with Gasteiger partial charge in [-0.1, -0.05) is 6.07 Å². The second-order valence-corrected chi connectivity index (χ2v) is 3.76. The van der Waals surface area contributed by atoms with Crippen LogP contribution in [0.3, 0.4) is 0 Å². The van der Waals surface area contributed by atoms with Crippen LogP contribution in [0.4, 0.5) is 0 Å². The van der Waals surface area contributed by atoms with Gasteiger partial charge in [0.25, 0.3) is 0 Å². The number of nitrogens with zero attached hydrogens (tertiary/aromatic N) is 2. The van der Waals surface area contributed by atoms with Gasteiger partial charge in [0.1, 0.15) is 5.65 Å². The minimum atomic E-state index is 1.26. The number of hydrogen-bond acceptors (Lipinski definition) is 0. The molecule has 3 heterocycles. The summed E-state index contributed by atoms with van der Waals surface area (Å²) in [6.07, 6.45) is 2.11. The molecular formula is C12H12N2. The summed E-state index contributed by atoms with van der Waals surface area (Å²) in [5, 5.41) is 1.32. The van der Waals surface area contributed by atoms with Gasteiger partial charge < -0.3 is 8.97 Å². The average molecular weight is 184 g/mol. The van der Waals surface area contributed by atoms with E-state index in [0.29, 0.717) is 0 Å². The number of rotatable bonds is 0. The Morgan fingerprint density at radius 2 is 2.00 bits per heavy atom. The van der Waals surface area contributed by atoms with Crippen LogP contribution in [-0.2, 0) is 7.05 Å². The monoisotopic (exact) mass is 184 g/mol. The molecule has 0 saturated carbocycles. The van der Waals surface area contributed by atoms with Gasteiger partial charge in [-0.3, -0.25) is 0 Å². The van der Waals surface area contributed by atoms with Gasteiger partial charge in [-0.2, -0.15) is 0 Å². The molecule has 0 aliphatic heterocycles. The quantitative estimate of drug-likeness (QED) is 0.508. The van der Waals surface area contributed by atoms with Crippen molar-refractivity contribution >= 4 is 16.6 Å². The van der Waals surface area contributed by atoms with Crippen LogP contribution in [-0.4, -0.2) is 8.97 Å². The number of pyridine rings is 1. The molecule has 2 nitrogen and oxygen atoms in total. The lowest BCUT2D eigenvalue weighted by Crippen LogP contribution is -1.93. The molecule has 0 amide bonds. The van der Waals surface area contributed by atoms with Gasteiger partial charge in [-0.25, -0.2) is 0 Å². The molecule has 0 saturated heterocycles. The van der Waals surface area contributed by atoms with Gasteiger partial charge in [-0.05, 0) is 31.2 Å². The molecule has 0 bridgehead atoms. The van der Waals surface area contributed by atoms with Crippen molar-refractivity contribution in [1.29, 1.82) is 0 Å². The lowest BCUT2D eigenvalue weighted by molar-refractivity contribution is 0.893. The third-order valence-electron chi connectivity index (χ3n) is 2.89. The normalized spacial score (nSPS) is 11.6. The molecular weight excluding hydrogens is 172 g/mol. The highest BCUT2D eigenvalue weighted by atomic mass is 15.1. The molecule has 0 radical (unpaired) electrons. The molecule has 3 rings (SSSR count). The predicted octanol–water partition coefficient (Wildman–Crippen LogP) is 2.74. The summed E-state index contributed by atoms with van der Waals surface area (Å²) in [6.45, 7) is 2.13. The number of aryl methyl sites for hydroxylation is 2. The van der Waals surface area contributed by atoms with Crippen molar-refractivity contribution in [1.82, 2.24) is 8.97 Å². The van der Waals surface area contributed by atoms with Crippen molar-refractivity contribution < 1.29 is 0 Å². The Balaban J connectivity index is 2.62. The molecule has 0 aliphatic rings. The van der Waals surface area contributed by atoms with Gasteiger partial charge in [0.05, 0.1) is 0 Å². The maximum absolute atomic E-state index is 2.22. The summed E-state index contributed by atoms with van der Waals surface area (Å²) in [5.41, 5.74) is 3.83. The first kappa shape index (κ1) is 7.68. The van der Waals surface area contributed by atoms with Crippen LogP contribution >= 0.6 is 0 Å². The fraction of sp³-hybridized carbons (Fsp3) is 0.167. The first-order valence-corrected chi connectivity index (χ1v) is 4.79. The summed E-state index contributed by atoms with van der Waals surface area (Å²) >= 11 is 0. The third-order valence-corrected chi connectivity index (χ3v) is 2.89. The molecule has 0 spiro atoms. The Labute approximate surface area is 82.4 Å². The molecule has 0 fully saturated rings. The Bertz CT molecular complexity index is 614. The van der Waals surface area contributed by atoms with Crippen LogP contribution < -0.4 is 0 Å². The highest BCUT2D eigenvalue weighted by molar-refractivity contribution is 5.86. The predicted molar refractivity (Wildman–Crippen MR) is 58.6 cm³/mol. The van der Waals surface area contributed by atoms with E-state index in [1.165, 1.54) is 22.2 Å². The second-order valence-electron chi connectivity index (χ2n) is 3.76. The highest BCUT2D eigenvalue weighted by Gasteiger charge is 2.06. The van der Waals surface area contributed by atoms with Crippen LogP contribution in [0.25, 0.3) is 16.6 Å².